The first-order chi connectivity index (χ1) is 12.3. The van der Waals surface area contributed by atoms with Crippen molar-refractivity contribution in [1.29, 1.82) is 0 Å². The third-order valence-corrected chi connectivity index (χ3v) is 5.63. The average molecular weight is 396 g/mol. The normalized spacial score (nSPS) is 18.2. The molecule has 1 aromatic carbocycles. The van der Waals surface area contributed by atoms with E-state index < -0.39 is 0 Å². The Hall–Kier alpha value is -1.83. The van der Waals surface area contributed by atoms with Crippen molar-refractivity contribution in [2.45, 2.75) is 19.3 Å². The first-order valence-electron chi connectivity index (χ1n) is 8.64. The van der Waals surface area contributed by atoms with Gasteiger partial charge in [0.2, 0.25) is 6.79 Å². The van der Waals surface area contributed by atoms with E-state index >= 15 is 0 Å². The Morgan fingerprint density at radius 2 is 2.23 bits per heavy atom. The Bertz CT molecular complexity index is 762. The molecule has 3 heterocycles. The summed E-state index contributed by atoms with van der Waals surface area (Å²) in [6.07, 6.45) is 5.14. The maximum Gasteiger partial charge on any atom is 0.263 e. The molecule has 1 fully saturated rings. The monoisotopic (exact) mass is 395 g/mol. The van der Waals surface area contributed by atoms with Crippen LogP contribution in [0.15, 0.2) is 24.4 Å². The third kappa shape index (κ3) is 4.28. The molecule has 140 valence electrons. The van der Waals surface area contributed by atoms with E-state index in [4.69, 9.17) is 9.47 Å². The minimum atomic E-state index is -0.0479. The number of fused-ring (bicyclic) bond motifs is 1. The molecule has 0 bridgehead atoms. The van der Waals surface area contributed by atoms with E-state index in [1.54, 1.807) is 6.20 Å². The number of hydrogen-bond acceptors (Lipinski definition) is 6. The molecule has 2 aliphatic heterocycles. The fourth-order valence-corrected chi connectivity index (χ4v) is 4.02. The van der Waals surface area contributed by atoms with Crippen LogP contribution in [0.4, 0.5) is 0 Å². The molecule has 6 nitrogen and oxygen atoms in total. The van der Waals surface area contributed by atoms with Crippen LogP contribution < -0.4 is 20.1 Å². The summed E-state index contributed by atoms with van der Waals surface area (Å²) >= 11 is 1.39. The SMILES string of the molecule is Cl.O=C(NCCC1CCCNC1)c1cnc(-c2ccc3c(c2)OCO3)s1. The van der Waals surface area contributed by atoms with Crippen LogP contribution in [0, 0.1) is 5.92 Å². The molecular weight excluding hydrogens is 374 g/mol. The highest BCUT2D eigenvalue weighted by Crippen LogP contribution is 2.36. The Labute approximate surface area is 162 Å². The minimum Gasteiger partial charge on any atom is -0.454 e. The fraction of sp³-hybridized carbons (Fsp3) is 0.444. The van der Waals surface area contributed by atoms with Gasteiger partial charge in [-0.05, 0) is 56.5 Å². The molecule has 0 saturated carbocycles. The van der Waals surface area contributed by atoms with Crippen molar-refractivity contribution in [3.8, 4) is 22.1 Å². The molecule has 0 spiro atoms. The number of nitrogens with zero attached hydrogens (tertiary/aromatic N) is 1. The molecule has 1 unspecified atom stereocenters. The number of ether oxygens (including phenoxy) is 2. The Morgan fingerprint density at radius 1 is 1.35 bits per heavy atom. The molecule has 2 aliphatic rings. The Morgan fingerprint density at radius 3 is 3.08 bits per heavy atom. The second-order valence-corrected chi connectivity index (χ2v) is 7.39. The number of carbonyl (C=O) groups excluding carboxylic acids is 1. The van der Waals surface area contributed by atoms with Gasteiger partial charge in [-0.25, -0.2) is 4.98 Å². The number of piperidine rings is 1. The van der Waals surface area contributed by atoms with Crippen molar-refractivity contribution in [2.75, 3.05) is 26.4 Å². The van der Waals surface area contributed by atoms with Crippen molar-refractivity contribution in [3.05, 3.63) is 29.3 Å². The molecule has 2 N–H and O–H groups in total. The number of halogens is 1. The lowest BCUT2D eigenvalue weighted by Gasteiger charge is -2.22. The predicted octanol–water partition coefficient (Wildman–Crippen LogP) is 3.08. The molecule has 1 amide bonds. The van der Waals surface area contributed by atoms with Crippen LogP contribution in [-0.4, -0.2) is 37.3 Å². The van der Waals surface area contributed by atoms with E-state index in [9.17, 15) is 4.79 Å². The fourth-order valence-electron chi connectivity index (χ4n) is 3.19. The second kappa shape index (κ2) is 8.70. The van der Waals surface area contributed by atoms with Crippen LogP contribution in [-0.2, 0) is 0 Å². The summed E-state index contributed by atoms with van der Waals surface area (Å²) in [5, 5.41) is 7.22. The summed E-state index contributed by atoms with van der Waals surface area (Å²) in [5.74, 6) is 2.09. The highest BCUT2D eigenvalue weighted by Gasteiger charge is 2.17. The topological polar surface area (TPSA) is 72.5 Å². The molecule has 1 atom stereocenters. The summed E-state index contributed by atoms with van der Waals surface area (Å²) < 4.78 is 10.7. The largest absolute Gasteiger partial charge is 0.454 e. The van der Waals surface area contributed by atoms with E-state index in [2.05, 4.69) is 15.6 Å². The first-order valence-corrected chi connectivity index (χ1v) is 9.46. The van der Waals surface area contributed by atoms with E-state index in [-0.39, 0.29) is 25.1 Å². The van der Waals surface area contributed by atoms with E-state index in [1.807, 2.05) is 18.2 Å². The molecule has 8 heteroatoms. The van der Waals surface area contributed by atoms with E-state index in [0.717, 1.165) is 41.6 Å². The molecular formula is C18H22ClN3O3S. The molecule has 26 heavy (non-hydrogen) atoms. The van der Waals surface area contributed by atoms with E-state index in [0.29, 0.717) is 17.3 Å². The van der Waals surface area contributed by atoms with Crippen LogP contribution in [0.1, 0.15) is 28.9 Å². The van der Waals surface area contributed by atoms with Gasteiger partial charge in [-0.1, -0.05) is 0 Å². The molecule has 2 aromatic rings. The van der Waals surface area contributed by atoms with Crippen molar-refractivity contribution in [2.24, 2.45) is 5.92 Å². The lowest BCUT2D eigenvalue weighted by molar-refractivity contribution is 0.0954. The summed E-state index contributed by atoms with van der Waals surface area (Å²) in [6.45, 7) is 3.14. The minimum absolute atomic E-state index is 0. The standard InChI is InChI=1S/C18H21N3O3S.ClH/c22-17(20-7-5-12-2-1-6-19-9-12)16-10-21-18(25-16)13-3-4-14-15(8-13)24-11-23-14;/h3-4,8,10,12,19H,1-2,5-7,9,11H2,(H,20,22);1H. The predicted molar refractivity (Wildman–Crippen MR) is 103 cm³/mol. The lowest BCUT2D eigenvalue weighted by Crippen LogP contribution is -2.33. The van der Waals surface area contributed by atoms with Crippen LogP contribution >= 0.6 is 23.7 Å². The van der Waals surface area contributed by atoms with Crippen LogP contribution in [0.25, 0.3) is 10.6 Å². The van der Waals surface area contributed by atoms with Gasteiger partial charge in [0, 0.05) is 12.1 Å². The molecule has 4 rings (SSSR count). The molecule has 0 radical (unpaired) electrons. The molecule has 1 saturated heterocycles. The van der Waals surface area contributed by atoms with Crippen molar-refractivity contribution >= 4 is 29.7 Å². The number of hydrogen-bond donors (Lipinski definition) is 2. The van der Waals surface area contributed by atoms with Crippen molar-refractivity contribution in [3.63, 3.8) is 0 Å². The number of aromatic nitrogens is 1. The smallest absolute Gasteiger partial charge is 0.263 e. The van der Waals surface area contributed by atoms with Crippen molar-refractivity contribution < 1.29 is 14.3 Å². The third-order valence-electron chi connectivity index (χ3n) is 4.59. The molecule has 1 aromatic heterocycles. The van der Waals surface area contributed by atoms with Crippen molar-refractivity contribution in [1.82, 2.24) is 15.6 Å². The number of rotatable bonds is 5. The van der Waals surface area contributed by atoms with Gasteiger partial charge in [0.1, 0.15) is 9.88 Å². The van der Waals surface area contributed by atoms with Gasteiger partial charge in [0.15, 0.2) is 11.5 Å². The van der Waals surface area contributed by atoms with Gasteiger partial charge >= 0.3 is 0 Å². The number of nitrogens with one attached hydrogen (secondary N) is 2. The van der Waals surface area contributed by atoms with Gasteiger partial charge in [-0.2, -0.15) is 0 Å². The number of amides is 1. The number of thiazole rings is 1. The zero-order chi connectivity index (χ0) is 17.1. The lowest BCUT2D eigenvalue weighted by atomic mass is 9.96. The first kappa shape index (κ1) is 18.9. The number of benzene rings is 1. The van der Waals surface area contributed by atoms with Gasteiger partial charge < -0.3 is 20.1 Å². The van der Waals surface area contributed by atoms with Gasteiger partial charge in [-0.15, -0.1) is 23.7 Å². The highest BCUT2D eigenvalue weighted by molar-refractivity contribution is 7.16. The zero-order valence-electron chi connectivity index (χ0n) is 14.3. The van der Waals surface area contributed by atoms with Crippen LogP contribution in [0.2, 0.25) is 0 Å². The summed E-state index contributed by atoms with van der Waals surface area (Å²) in [6, 6.07) is 5.71. The Kier molecular flexibility index (Phi) is 6.34. The summed E-state index contributed by atoms with van der Waals surface area (Å²) in [4.78, 5) is 17.3. The Balaban J connectivity index is 0.00000196. The van der Waals surface area contributed by atoms with Crippen LogP contribution in [0.3, 0.4) is 0 Å². The molecule has 0 aliphatic carbocycles. The van der Waals surface area contributed by atoms with E-state index in [1.165, 1.54) is 24.2 Å². The van der Waals surface area contributed by atoms with Gasteiger partial charge in [-0.3, -0.25) is 4.79 Å². The van der Waals surface area contributed by atoms with Gasteiger partial charge in [0.05, 0.1) is 6.20 Å². The summed E-state index contributed by atoms with van der Waals surface area (Å²) in [5.41, 5.74) is 0.932. The zero-order valence-corrected chi connectivity index (χ0v) is 16.0. The summed E-state index contributed by atoms with van der Waals surface area (Å²) in [7, 11) is 0. The number of carbonyl (C=O) groups is 1. The quantitative estimate of drug-likeness (QED) is 0.813. The van der Waals surface area contributed by atoms with Gasteiger partial charge in [0.25, 0.3) is 5.91 Å². The maximum atomic E-state index is 12.3. The second-order valence-electron chi connectivity index (χ2n) is 6.35. The maximum absolute atomic E-state index is 12.3. The average Bonchev–Trinajstić information content (AvgIpc) is 3.31. The van der Waals surface area contributed by atoms with Crippen LogP contribution in [0.5, 0.6) is 11.5 Å². The highest BCUT2D eigenvalue weighted by atomic mass is 35.5.